The van der Waals surface area contributed by atoms with Crippen LogP contribution in [0.25, 0.3) is 5.57 Å². The highest BCUT2D eigenvalue weighted by atomic mass is 19.1. The molecule has 19 heavy (non-hydrogen) atoms. The van der Waals surface area contributed by atoms with Crippen LogP contribution in [-0.4, -0.2) is 13.4 Å². The maximum atomic E-state index is 12.9. The Morgan fingerprint density at radius 2 is 1.84 bits per heavy atom. The number of halogens is 1. The number of carbonyl (C=O) groups is 1. The summed E-state index contributed by atoms with van der Waals surface area (Å²) in [4.78, 5) is 10.8. The molecule has 2 rings (SSSR count). The van der Waals surface area contributed by atoms with E-state index in [1.807, 2.05) is 24.3 Å². The zero-order valence-electron chi connectivity index (χ0n) is 10.5. The van der Waals surface area contributed by atoms with Crippen LogP contribution in [-0.2, 0) is 4.79 Å². The second kappa shape index (κ2) is 5.96. The molecular weight excluding hydrogens is 243 g/mol. The third kappa shape index (κ3) is 3.07. The first-order valence-electron chi connectivity index (χ1n) is 5.80. The van der Waals surface area contributed by atoms with Crippen molar-refractivity contribution in [2.45, 2.75) is 0 Å². The van der Waals surface area contributed by atoms with Gasteiger partial charge >= 0.3 is 0 Å². The summed E-state index contributed by atoms with van der Waals surface area (Å²) in [5.74, 6) is 0.399. The standard InChI is InChI=1S/C16H13FO2/c1-19-15-4-2-3-13(11-15)16(9-10-18)12-5-7-14(17)8-6-12/h2-11H,1H3/b16-9-. The van der Waals surface area contributed by atoms with E-state index >= 15 is 0 Å². The Balaban J connectivity index is 2.48. The van der Waals surface area contributed by atoms with Gasteiger partial charge in [-0.2, -0.15) is 0 Å². The average molecular weight is 256 g/mol. The van der Waals surface area contributed by atoms with E-state index in [1.54, 1.807) is 19.2 Å². The van der Waals surface area contributed by atoms with Crippen LogP contribution in [0.4, 0.5) is 4.39 Å². The third-order valence-corrected chi connectivity index (χ3v) is 2.77. The number of aldehydes is 1. The van der Waals surface area contributed by atoms with Gasteiger partial charge in [-0.3, -0.25) is 4.79 Å². The van der Waals surface area contributed by atoms with Gasteiger partial charge in [0.25, 0.3) is 0 Å². The van der Waals surface area contributed by atoms with Gasteiger partial charge in [0.05, 0.1) is 7.11 Å². The van der Waals surface area contributed by atoms with Crippen LogP contribution in [0.5, 0.6) is 5.75 Å². The lowest BCUT2D eigenvalue weighted by Crippen LogP contribution is -1.91. The summed E-state index contributed by atoms with van der Waals surface area (Å²) in [7, 11) is 1.58. The molecule has 0 unspecified atom stereocenters. The molecule has 0 saturated carbocycles. The third-order valence-electron chi connectivity index (χ3n) is 2.77. The zero-order chi connectivity index (χ0) is 13.7. The molecule has 96 valence electrons. The molecule has 0 radical (unpaired) electrons. The fourth-order valence-electron chi connectivity index (χ4n) is 1.85. The summed E-state index contributed by atoms with van der Waals surface area (Å²) in [6.07, 6.45) is 2.18. The van der Waals surface area contributed by atoms with Crippen molar-refractivity contribution < 1.29 is 13.9 Å². The van der Waals surface area contributed by atoms with Gasteiger partial charge in [0, 0.05) is 0 Å². The van der Waals surface area contributed by atoms with E-state index in [0.717, 1.165) is 23.0 Å². The highest BCUT2D eigenvalue weighted by Gasteiger charge is 2.06. The lowest BCUT2D eigenvalue weighted by molar-refractivity contribution is -0.104. The summed E-state index contributed by atoms with van der Waals surface area (Å²) < 4.78 is 18.1. The molecule has 0 N–H and O–H groups in total. The molecular formula is C16H13FO2. The van der Waals surface area contributed by atoms with E-state index in [9.17, 15) is 9.18 Å². The number of ether oxygens (including phenoxy) is 1. The zero-order valence-corrected chi connectivity index (χ0v) is 10.5. The number of carbonyl (C=O) groups excluding carboxylic acids is 1. The Morgan fingerprint density at radius 3 is 2.47 bits per heavy atom. The van der Waals surface area contributed by atoms with Crippen molar-refractivity contribution in [3.05, 3.63) is 71.6 Å². The number of benzene rings is 2. The summed E-state index contributed by atoms with van der Waals surface area (Å²) in [5.41, 5.74) is 2.36. The molecule has 0 amide bonds. The lowest BCUT2D eigenvalue weighted by atomic mass is 9.97. The van der Waals surface area contributed by atoms with Gasteiger partial charge in [-0.25, -0.2) is 4.39 Å². The Kier molecular flexibility index (Phi) is 4.08. The van der Waals surface area contributed by atoms with Gasteiger partial charge in [-0.15, -0.1) is 0 Å². The molecule has 0 bridgehead atoms. The topological polar surface area (TPSA) is 26.3 Å². The maximum Gasteiger partial charge on any atom is 0.143 e. The summed E-state index contributed by atoms with van der Waals surface area (Å²) in [6.45, 7) is 0. The van der Waals surface area contributed by atoms with Crippen molar-refractivity contribution in [2.24, 2.45) is 0 Å². The molecule has 2 aromatic rings. The van der Waals surface area contributed by atoms with E-state index < -0.39 is 0 Å². The van der Waals surface area contributed by atoms with Crippen molar-refractivity contribution in [1.29, 1.82) is 0 Å². The van der Waals surface area contributed by atoms with Crippen molar-refractivity contribution in [3.8, 4) is 5.75 Å². The number of rotatable bonds is 4. The normalized spacial score (nSPS) is 11.2. The van der Waals surface area contributed by atoms with Gasteiger partial charge in [0.2, 0.25) is 0 Å². The molecule has 0 saturated heterocycles. The van der Waals surface area contributed by atoms with Crippen molar-refractivity contribution in [3.63, 3.8) is 0 Å². The van der Waals surface area contributed by atoms with Crippen molar-refractivity contribution >= 4 is 11.9 Å². The minimum atomic E-state index is -0.306. The quantitative estimate of drug-likeness (QED) is 0.618. The molecule has 2 nitrogen and oxygen atoms in total. The molecule has 2 aromatic carbocycles. The van der Waals surface area contributed by atoms with Gasteiger partial charge in [0.15, 0.2) is 0 Å². The van der Waals surface area contributed by atoms with Crippen LogP contribution >= 0.6 is 0 Å². The molecule has 0 aliphatic heterocycles. The van der Waals surface area contributed by atoms with Crippen LogP contribution in [0.15, 0.2) is 54.6 Å². The number of methoxy groups -OCH3 is 1. The van der Waals surface area contributed by atoms with E-state index in [1.165, 1.54) is 18.2 Å². The van der Waals surface area contributed by atoms with Crippen LogP contribution in [0, 0.1) is 5.82 Å². The average Bonchev–Trinajstić information content (AvgIpc) is 2.46. The van der Waals surface area contributed by atoms with Crippen molar-refractivity contribution in [2.75, 3.05) is 7.11 Å². The van der Waals surface area contributed by atoms with Crippen LogP contribution in [0.1, 0.15) is 11.1 Å². The molecule has 0 aliphatic rings. The van der Waals surface area contributed by atoms with Crippen LogP contribution in [0.2, 0.25) is 0 Å². The molecule has 0 heterocycles. The van der Waals surface area contributed by atoms with Gasteiger partial charge in [-0.1, -0.05) is 24.3 Å². The monoisotopic (exact) mass is 256 g/mol. The smallest absolute Gasteiger partial charge is 0.143 e. The number of hydrogen-bond acceptors (Lipinski definition) is 2. The summed E-state index contributed by atoms with van der Waals surface area (Å²) in [6, 6.07) is 13.4. The predicted molar refractivity (Wildman–Crippen MR) is 72.5 cm³/mol. The van der Waals surface area contributed by atoms with E-state index in [0.29, 0.717) is 5.75 Å². The van der Waals surface area contributed by atoms with Crippen molar-refractivity contribution in [1.82, 2.24) is 0 Å². The second-order valence-electron chi connectivity index (χ2n) is 3.96. The Bertz CT molecular complexity index is 600. The molecule has 0 aliphatic carbocycles. The molecule has 0 aromatic heterocycles. The predicted octanol–water partition coefficient (Wildman–Crippen LogP) is 3.46. The first-order chi connectivity index (χ1) is 9.24. The Morgan fingerprint density at radius 1 is 1.11 bits per heavy atom. The molecule has 0 fully saturated rings. The number of hydrogen-bond donors (Lipinski definition) is 0. The highest BCUT2D eigenvalue weighted by molar-refractivity contribution is 5.89. The van der Waals surface area contributed by atoms with E-state index in [2.05, 4.69) is 0 Å². The van der Waals surface area contributed by atoms with E-state index in [4.69, 9.17) is 4.74 Å². The Labute approximate surface area is 111 Å². The fourth-order valence-corrected chi connectivity index (χ4v) is 1.85. The Hall–Kier alpha value is -2.42. The minimum Gasteiger partial charge on any atom is -0.497 e. The van der Waals surface area contributed by atoms with Crippen LogP contribution in [0.3, 0.4) is 0 Å². The second-order valence-corrected chi connectivity index (χ2v) is 3.96. The highest BCUT2D eigenvalue weighted by Crippen LogP contribution is 2.26. The summed E-state index contributed by atoms with van der Waals surface area (Å²) >= 11 is 0. The maximum absolute atomic E-state index is 12.9. The molecule has 0 spiro atoms. The van der Waals surface area contributed by atoms with Crippen LogP contribution < -0.4 is 4.74 Å². The first kappa shape index (κ1) is 13.0. The first-order valence-corrected chi connectivity index (χ1v) is 5.80. The van der Waals surface area contributed by atoms with Gasteiger partial charge in [0.1, 0.15) is 17.9 Å². The largest absolute Gasteiger partial charge is 0.497 e. The van der Waals surface area contributed by atoms with Gasteiger partial charge < -0.3 is 4.74 Å². The fraction of sp³-hybridized carbons (Fsp3) is 0.0625. The summed E-state index contributed by atoms with van der Waals surface area (Å²) in [5, 5.41) is 0. The van der Waals surface area contributed by atoms with Gasteiger partial charge in [-0.05, 0) is 47.0 Å². The van der Waals surface area contributed by atoms with E-state index in [-0.39, 0.29) is 5.82 Å². The minimum absolute atomic E-state index is 0.306. The molecule has 3 heteroatoms. The lowest BCUT2D eigenvalue weighted by Gasteiger charge is -2.09. The number of allylic oxidation sites excluding steroid dienone is 1. The SMILES string of the molecule is COc1cccc(/C(=C\C=O)c2ccc(F)cc2)c1. The molecule has 0 atom stereocenters.